The van der Waals surface area contributed by atoms with Gasteiger partial charge in [-0.2, -0.15) is 0 Å². The minimum absolute atomic E-state index is 0.0852. The number of methoxy groups -OCH3 is 1. The number of carbonyl (C=O) groups excluding carboxylic acids is 1. The molecular formula is C11H14O4. The van der Waals surface area contributed by atoms with E-state index in [2.05, 4.69) is 4.74 Å². The zero-order valence-electron chi connectivity index (χ0n) is 8.73. The first-order valence-electron chi connectivity index (χ1n) is 4.65. The number of aromatic hydroxyl groups is 1. The van der Waals surface area contributed by atoms with Crippen LogP contribution >= 0.6 is 0 Å². The lowest BCUT2D eigenvalue weighted by atomic mass is 9.91. The van der Waals surface area contributed by atoms with Crippen molar-refractivity contribution in [2.75, 3.05) is 7.11 Å². The maximum atomic E-state index is 11.4. The molecule has 0 bridgehead atoms. The highest BCUT2D eigenvalue weighted by Gasteiger charge is 2.37. The Morgan fingerprint density at radius 1 is 1.40 bits per heavy atom. The molecule has 1 aromatic rings. The van der Waals surface area contributed by atoms with Crippen LogP contribution < -0.4 is 0 Å². The fourth-order valence-electron chi connectivity index (χ4n) is 1.37. The topological polar surface area (TPSA) is 66.8 Å². The third kappa shape index (κ3) is 2.10. The van der Waals surface area contributed by atoms with E-state index in [-0.39, 0.29) is 12.2 Å². The van der Waals surface area contributed by atoms with Crippen LogP contribution in [0.2, 0.25) is 0 Å². The van der Waals surface area contributed by atoms with E-state index in [0.717, 1.165) is 0 Å². The maximum Gasteiger partial charge on any atom is 0.342 e. The van der Waals surface area contributed by atoms with Crippen molar-refractivity contribution in [2.45, 2.75) is 18.9 Å². The van der Waals surface area contributed by atoms with E-state index in [1.54, 1.807) is 6.92 Å². The van der Waals surface area contributed by atoms with Gasteiger partial charge in [0.25, 0.3) is 0 Å². The summed E-state index contributed by atoms with van der Waals surface area (Å²) in [6.45, 7) is 1.68. The minimum atomic E-state index is -1.64. The van der Waals surface area contributed by atoms with Gasteiger partial charge in [0.05, 0.1) is 7.11 Å². The molecule has 0 aromatic heterocycles. The molecule has 0 fully saturated rings. The molecule has 0 saturated carbocycles. The molecule has 0 aliphatic carbocycles. The van der Waals surface area contributed by atoms with E-state index in [4.69, 9.17) is 5.11 Å². The quantitative estimate of drug-likeness (QED) is 0.735. The van der Waals surface area contributed by atoms with Crippen molar-refractivity contribution in [2.24, 2.45) is 0 Å². The largest absolute Gasteiger partial charge is 0.508 e. The van der Waals surface area contributed by atoms with Crippen molar-refractivity contribution in [3.63, 3.8) is 0 Å². The predicted molar refractivity (Wildman–Crippen MR) is 54.3 cm³/mol. The Morgan fingerprint density at radius 2 is 1.93 bits per heavy atom. The number of phenolic OH excluding ortho intramolecular Hbond substituents is 1. The summed E-state index contributed by atoms with van der Waals surface area (Å²) in [4.78, 5) is 11.4. The second-order valence-electron chi connectivity index (χ2n) is 3.25. The smallest absolute Gasteiger partial charge is 0.342 e. The second-order valence-corrected chi connectivity index (χ2v) is 3.25. The molecule has 0 saturated heterocycles. The van der Waals surface area contributed by atoms with E-state index in [1.807, 2.05) is 0 Å². The molecule has 2 N–H and O–H groups in total. The van der Waals surface area contributed by atoms with Crippen molar-refractivity contribution in [3.05, 3.63) is 29.8 Å². The zero-order chi connectivity index (χ0) is 11.5. The Morgan fingerprint density at radius 3 is 2.33 bits per heavy atom. The third-order valence-electron chi connectivity index (χ3n) is 2.38. The van der Waals surface area contributed by atoms with E-state index in [1.165, 1.54) is 31.4 Å². The summed E-state index contributed by atoms with van der Waals surface area (Å²) in [6.07, 6.45) is 0.213. The molecule has 0 heterocycles. The monoisotopic (exact) mass is 210 g/mol. The number of carbonyl (C=O) groups is 1. The average Bonchev–Trinajstić information content (AvgIpc) is 2.27. The summed E-state index contributed by atoms with van der Waals surface area (Å²) < 4.78 is 4.54. The van der Waals surface area contributed by atoms with E-state index in [0.29, 0.717) is 5.56 Å². The summed E-state index contributed by atoms with van der Waals surface area (Å²) in [5.74, 6) is -0.613. The van der Waals surface area contributed by atoms with Gasteiger partial charge in [-0.15, -0.1) is 0 Å². The Labute approximate surface area is 88.1 Å². The molecule has 0 aliphatic rings. The normalized spacial score (nSPS) is 14.3. The summed E-state index contributed by atoms with van der Waals surface area (Å²) in [5.41, 5.74) is -1.22. The Balaban J connectivity index is 3.11. The number of hydrogen-bond donors (Lipinski definition) is 2. The van der Waals surface area contributed by atoms with Crippen LogP contribution in [0.25, 0.3) is 0 Å². The number of aliphatic hydroxyl groups is 1. The first-order chi connectivity index (χ1) is 7.04. The molecule has 15 heavy (non-hydrogen) atoms. The first-order valence-corrected chi connectivity index (χ1v) is 4.65. The molecule has 0 amide bonds. The van der Waals surface area contributed by atoms with Gasteiger partial charge in [0.15, 0.2) is 5.60 Å². The second kappa shape index (κ2) is 4.31. The van der Waals surface area contributed by atoms with Crippen LogP contribution in [0.15, 0.2) is 24.3 Å². The highest BCUT2D eigenvalue weighted by Crippen LogP contribution is 2.27. The Kier molecular flexibility index (Phi) is 3.31. The van der Waals surface area contributed by atoms with E-state index >= 15 is 0 Å². The fraction of sp³-hybridized carbons (Fsp3) is 0.364. The number of hydrogen-bond acceptors (Lipinski definition) is 4. The van der Waals surface area contributed by atoms with Crippen LogP contribution in [0.5, 0.6) is 5.75 Å². The predicted octanol–water partition coefficient (Wildman–Crippen LogP) is 1.16. The number of rotatable bonds is 3. The van der Waals surface area contributed by atoms with Gasteiger partial charge in [-0.25, -0.2) is 4.79 Å². The highest BCUT2D eigenvalue weighted by molar-refractivity contribution is 5.80. The van der Waals surface area contributed by atoms with Crippen LogP contribution in [0.3, 0.4) is 0 Å². The van der Waals surface area contributed by atoms with Crippen molar-refractivity contribution in [1.82, 2.24) is 0 Å². The Bertz CT molecular complexity index is 344. The van der Waals surface area contributed by atoms with Gasteiger partial charge in [0.1, 0.15) is 5.75 Å². The summed E-state index contributed by atoms with van der Waals surface area (Å²) in [7, 11) is 1.23. The lowest BCUT2D eigenvalue weighted by Gasteiger charge is -2.23. The lowest BCUT2D eigenvalue weighted by molar-refractivity contribution is -0.164. The van der Waals surface area contributed by atoms with Crippen LogP contribution in [-0.2, 0) is 15.1 Å². The first kappa shape index (κ1) is 11.5. The number of esters is 1. The van der Waals surface area contributed by atoms with Gasteiger partial charge >= 0.3 is 5.97 Å². The van der Waals surface area contributed by atoms with Gasteiger partial charge < -0.3 is 14.9 Å². The van der Waals surface area contributed by atoms with Crippen LogP contribution in [0.4, 0.5) is 0 Å². The SMILES string of the molecule is CCC(O)(C(=O)OC)c1ccc(O)cc1. The molecule has 4 heteroatoms. The molecule has 0 aliphatic heterocycles. The fourth-order valence-corrected chi connectivity index (χ4v) is 1.37. The molecule has 82 valence electrons. The van der Waals surface area contributed by atoms with Crippen LogP contribution in [0, 0.1) is 0 Å². The van der Waals surface area contributed by atoms with Crippen molar-refractivity contribution >= 4 is 5.97 Å². The standard InChI is InChI=1S/C11H14O4/c1-3-11(14,10(13)15-2)8-4-6-9(12)7-5-8/h4-7,12,14H,3H2,1-2H3. The van der Waals surface area contributed by atoms with Crippen molar-refractivity contribution in [1.29, 1.82) is 0 Å². The van der Waals surface area contributed by atoms with Gasteiger partial charge in [0.2, 0.25) is 0 Å². The number of ether oxygens (including phenoxy) is 1. The van der Waals surface area contributed by atoms with E-state index in [9.17, 15) is 9.90 Å². The molecule has 0 radical (unpaired) electrons. The highest BCUT2D eigenvalue weighted by atomic mass is 16.5. The van der Waals surface area contributed by atoms with Crippen LogP contribution in [-0.4, -0.2) is 23.3 Å². The summed E-state index contributed by atoms with van der Waals surface area (Å²) in [6, 6.07) is 5.82. The molecule has 4 nitrogen and oxygen atoms in total. The van der Waals surface area contributed by atoms with Gasteiger partial charge in [-0.05, 0) is 24.1 Å². The molecule has 1 rings (SSSR count). The van der Waals surface area contributed by atoms with Gasteiger partial charge in [-0.3, -0.25) is 0 Å². The lowest BCUT2D eigenvalue weighted by Crippen LogP contribution is -2.35. The minimum Gasteiger partial charge on any atom is -0.508 e. The van der Waals surface area contributed by atoms with Crippen molar-refractivity contribution in [3.8, 4) is 5.75 Å². The molecule has 1 aromatic carbocycles. The number of benzene rings is 1. The average molecular weight is 210 g/mol. The number of phenols is 1. The maximum absolute atomic E-state index is 11.4. The van der Waals surface area contributed by atoms with Gasteiger partial charge in [0, 0.05) is 0 Å². The van der Waals surface area contributed by atoms with Crippen LogP contribution in [0.1, 0.15) is 18.9 Å². The Hall–Kier alpha value is -1.55. The van der Waals surface area contributed by atoms with E-state index < -0.39 is 11.6 Å². The van der Waals surface area contributed by atoms with Crippen molar-refractivity contribution < 1.29 is 19.7 Å². The molecule has 0 spiro atoms. The molecular weight excluding hydrogens is 196 g/mol. The molecule has 1 atom stereocenters. The van der Waals surface area contributed by atoms with Gasteiger partial charge in [-0.1, -0.05) is 19.1 Å². The summed E-state index contributed by atoms with van der Waals surface area (Å²) in [5, 5.41) is 19.2. The summed E-state index contributed by atoms with van der Waals surface area (Å²) >= 11 is 0. The molecule has 1 unspecified atom stereocenters. The third-order valence-corrected chi connectivity index (χ3v) is 2.38. The zero-order valence-corrected chi connectivity index (χ0v) is 8.73.